The summed E-state index contributed by atoms with van der Waals surface area (Å²) >= 11 is 0. The summed E-state index contributed by atoms with van der Waals surface area (Å²) < 4.78 is 11.2. The van der Waals surface area contributed by atoms with Gasteiger partial charge < -0.3 is 14.5 Å². The fourth-order valence-electron chi connectivity index (χ4n) is 3.21. The lowest BCUT2D eigenvalue weighted by Gasteiger charge is -2.06. The Hall–Kier alpha value is -3.27. The zero-order valence-corrected chi connectivity index (χ0v) is 14.7. The maximum Gasteiger partial charge on any atom is 0.287 e. The van der Waals surface area contributed by atoms with Crippen molar-refractivity contribution in [2.45, 2.75) is 13.5 Å². The van der Waals surface area contributed by atoms with Gasteiger partial charge in [-0.05, 0) is 30.0 Å². The summed E-state index contributed by atoms with van der Waals surface area (Å²) in [7, 11) is 1.62. The average molecular weight is 345 g/mol. The topological polar surface area (TPSA) is 51.5 Å². The van der Waals surface area contributed by atoms with E-state index >= 15 is 0 Å². The summed E-state index contributed by atoms with van der Waals surface area (Å²) in [4.78, 5) is 12.7. The van der Waals surface area contributed by atoms with Gasteiger partial charge >= 0.3 is 0 Å². The van der Waals surface area contributed by atoms with Crippen LogP contribution in [0, 0.1) is 6.92 Å². The third-order valence-electron chi connectivity index (χ3n) is 4.62. The third-order valence-corrected chi connectivity index (χ3v) is 4.62. The van der Waals surface area contributed by atoms with E-state index in [-0.39, 0.29) is 5.91 Å². The number of fused-ring (bicyclic) bond motifs is 3. The number of carbonyl (C=O) groups excluding carboxylic acids is 1. The van der Waals surface area contributed by atoms with E-state index < -0.39 is 0 Å². The Kier molecular flexibility index (Phi) is 4.09. The number of carbonyl (C=O) groups is 1. The number of rotatable bonds is 4. The molecule has 0 aliphatic heterocycles. The first-order valence-corrected chi connectivity index (χ1v) is 8.49. The highest BCUT2D eigenvalue weighted by Gasteiger charge is 2.18. The predicted octanol–water partition coefficient (Wildman–Crippen LogP) is 4.83. The highest BCUT2D eigenvalue weighted by molar-refractivity contribution is 6.08. The summed E-state index contributed by atoms with van der Waals surface area (Å²) in [6, 6.07) is 19.7. The van der Waals surface area contributed by atoms with Gasteiger partial charge in [-0.25, -0.2) is 0 Å². The highest BCUT2D eigenvalue weighted by atomic mass is 16.5. The average Bonchev–Trinajstić information content (AvgIpc) is 3.03. The number of amides is 1. The molecule has 0 spiro atoms. The normalized spacial score (nSPS) is 11.0. The van der Waals surface area contributed by atoms with Crippen molar-refractivity contribution in [2.75, 3.05) is 7.11 Å². The number of furan rings is 1. The minimum atomic E-state index is -0.217. The molecule has 4 heteroatoms. The molecule has 3 aromatic carbocycles. The number of nitrogens with one attached hydrogen (secondary N) is 1. The molecule has 0 saturated heterocycles. The molecule has 0 bridgehead atoms. The van der Waals surface area contributed by atoms with Gasteiger partial charge in [-0.3, -0.25) is 4.79 Å². The molecule has 1 heterocycles. The van der Waals surface area contributed by atoms with Gasteiger partial charge in [-0.15, -0.1) is 0 Å². The van der Waals surface area contributed by atoms with Crippen molar-refractivity contribution in [3.8, 4) is 5.75 Å². The number of methoxy groups -OCH3 is 1. The Morgan fingerprint density at radius 3 is 2.73 bits per heavy atom. The van der Waals surface area contributed by atoms with Crippen LogP contribution in [0.3, 0.4) is 0 Å². The van der Waals surface area contributed by atoms with Crippen LogP contribution in [0.4, 0.5) is 0 Å². The summed E-state index contributed by atoms with van der Waals surface area (Å²) in [6.45, 7) is 2.33. The van der Waals surface area contributed by atoms with Crippen LogP contribution in [0.1, 0.15) is 21.7 Å². The summed E-state index contributed by atoms with van der Waals surface area (Å²) in [5.74, 6) is 0.910. The maximum atomic E-state index is 12.7. The quantitative estimate of drug-likeness (QED) is 0.576. The Balaban J connectivity index is 1.64. The second-order valence-electron chi connectivity index (χ2n) is 6.25. The molecular formula is C22H19NO3. The Morgan fingerprint density at radius 2 is 1.88 bits per heavy atom. The van der Waals surface area contributed by atoms with Crippen LogP contribution in [-0.2, 0) is 6.54 Å². The van der Waals surface area contributed by atoms with Crippen LogP contribution in [0.5, 0.6) is 5.75 Å². The Morgan fingerprint density at radius 1 is 1.04 bits per heavy atom. The number of ether oxygens (including phenoxy) is 1. The molecule has 4 aromatic rings. The zero-order valence-electron chi connectivity index (χ0n) is 14.7. The molecule has 0 radical (unpaired) electrons. The van der Waals surface area contributed by atoms with E-state index in [1.165, 1.54) is 0 Å². The van der Waals surface area contributed by atoms with Crippen LogP contribution in [0.25, 0.3) is 21.7 Å². The molecule has 26 heavy (non-hydrogen) atoms. The molecule has 4 rings (SSSR count). The van der Waals surface area contributed by atoms with E-state index in [1.807, 2.05) is 61.5 Å². The minimum Gasteiger partial charge on any atom is -0.497 e. The summed E-state index contributed by atoms with van der Waals surface area (Å²) in [5, 5.41) is 6.00. The van der Waals surface area contributed by atoms with Crippen LogP contribution < -0.4 is 10.1 Å². The van der Waals surface area contributed by atoms with Crippen LogP contribution in [0.15, 0.2) is 65.1 Å². The van der Waals surface area contributed by atoms with E-state index in [4.69, 9.17) is 9.15 Å². The standard InChI is InChI=1S/C22H19NO3/c1-14-18-11-10-16-7-3-4-9-19(16)21(18)26-20(14)22(24)23-13-15-6-5-8-17(12-15)25-2/h3-12H,13H2,1-2H3,(H,23,24). The lowest BCUT2D eigenvalue weighted by molar-refractivity contribution is 0.0924. The van der Waals surface area contributed by atoms with Crippen molar-refractivity contribution in [3.63, 3.8) is 0 Å². The molecule has 4 nitrogen and oxygen atoms in total. The lowest BCUT2D eigenvalue weighted by Crippen LogP contribution is -2.22. The minimum absolute atomic E-state index is 0.217. The molecule has 1 aromatic heterocycles. The molecule has 0 aliphatic carbocycles. The molecule has 130 valence electrons. The van der Waals surface area contributed by atoms with Gasteiger partial charge in [-0.1, -0.05) is 48.5 Å². The van der Waals surface area contributed by atoms with E-state index in [1.54, 1.807) is 7.11 Å². The fraction of sp³-hybridized carbons (Fsp3) is 0.136. The fourth-order valence-corrected chi connectivity index (χ4v) is 3.21. The second kappa shape index (κ2) is 6.56. The molecule has 0 unspecified atom stereocenters. The lowest BCUT2D eigenvalue weighted by atomic mass is 10.1. The largest absolute Gasteiger partial charge is 0.497 e. The first-order valence-electron chi connectivity index (χ1n) is 8.49. The number of hydrogen-bond donors (Lipinski definition) is 1. The monoisotopic (exact) mass is 345 g/mol. The molecular weight excluding hydrogens is 326 g/mol. The van der Waals surface area contributed by atoms with Crippen molar-refractivity contribution >= 4 is 27.6 Å². The van der Waals surface area contributed by atoms with Crippen molar-refractivity contribution in [2.24, 2.45) is 0 Å². The molecule has 0 atom stereocenters. The Bertz CT molecular complexity index is 1110. The zero-order chi connectivity index (χ0) is 18.1. The Labute approximate surface area is 151 Å². The molecule has 0 saturated carbocycles. The van der Waals surface area contributed by atoms with Gasteiger partial charge in [0, 0.05) is 22.9 Å². The van der Waals surface area contributed by atoms with Crippen molar-refractivity contribution in [1.29, 1.82) is 0 Å². The van der Waals surface area contributed by atoms with E-state index in [2.05, 4.69) is 11.4 Å². The second-order valence-corrected chi connectivity index (χ2v) is 6.25. The van der Waals surface area contributed by atoms with Gasteiger partial charge in [0.2, 0.25) is 0 Å². The predicted molar refractivity (Wildman–Crippen MR) is 103 cm³/mol. The summed E-state index contributed by atoms with van der Waals surface area (Å²) in [5.41, 5.74) is 2.58. The SMILES string of the molecule is COc1cccc(CNC(=O)c2oc3c(ccc4ccccc43)c2C)c1. The summed E-state index contributed by atoms with van der Waals surface area (Å²) in [6.07, 6.45) is 0. The smallest absolute Gasteiger partial charge is 0.287 e. The first kappa shape index (κ1) is 16.2. The molecule has 1 N–H and O–H groups in total. The van der Waals surface area contributed by atoms with E-state index in [9.17, 15) is 4.79 Å². The third kappa shape index (κ3) is 2.80. The molecule has 0 fully saturated rings. The van der Waals surface area contributed by atoms with Crippen molar-refractivity contribution in [1.82, 2.24) is 5.32 Å². The van der Waals surface area contributed by atoms with Gasteiger partial charge in [0.1, 0.15) is 11.3 Å². The van der Waals surface area contributed by atoms with Gasteiger partial charge in [0.05, 0.1) is 7.11 Å². The van der Waals surface area contributed by atoms with Gasteiger partial charge in [0.15, 0.2) is 5.76 Å². The number of hydrogen-bond acceptors (Lipinski definition) is 3. The number of aryl methyl sites for hydroxylation is 1. The van der Waals surface area contributed by atoms with Crippen LogP contribution >= 0.6 is 0 Å². The number of benzene rings is 3. The van der Waals surface area contributed by atoms with Gasteiger partial charge in [-0.2, -0.15) is 0 Å². The van der Waals surface area contributed by atoms with E-state index in [0.717, 1.165) is 38.6 Å². The maximum absolute atomic E-state index is 12.7. The first-order chi connectivity index (χ1) is 12.7. The highest BCUT2D eigenvalue weighted by Crippen LogP contribution is 2.31. The van der Waals surface area contributed by atoms with Crippen molar-refractivity contribution in [3.05, 3.63) is 77.6 Å². The molecule has 0 aliphatic rings. The van der Waals surface area contributed by atoms with E-state index in [0.29, 0.717) is 12.3 Å². The molecule has 1 amide bonds. The van der Waals surface area contributed by atoms with Crippen LogP contribution in [0.2, 0.25) is 0 Å². The van der Waals surface area contributed by atoms with Gasteiger partial charge in [0.25, 0.3) is 5.91 Å². The van der Waals surface area contributed by atoms with Crippen LogP contribution in [-0.4, -0.2) is 13.0 Å². The van der Waals surface area contributed by atoms with Crippen molar-refractivity contribution < 1.29 is 13.9 Å².